The zero-order chi connectivity index (χ0) is 20.5. The standard InChI is InChI=1S/C20H26N8OS/c1-13-15(12-27-4-2-22-3-5-27)30-17-16(13)25-18(14-10-23-20(21)24-11-14)26-19(17)28-6-8-29-9-7-28/h10-11,22H,2-9,12H2,1H3,(H2,21,23,24). The van der Waals surface area contributed by atoms with E-state index in [0.29, 0.717) is 19.0 Å². The number of ether oxygens (including phenoxy) is 1. The van der Waals surface area contributed by atoms with Gasteiger partial charge in [-0.25, -0.2) is 19.9 Å². The summed E-state index contributed by atoms with van der Waals surface area (Å²) in [6.45, 7) is 10.4. The molecule has 0 bridgehead atoms. The highest BCUT2D eigenvalue weighted by Gasteiger charge is 2.23. The summed E-state index contributed by atoms with van der Waals surface area (Å²) in [6.07, 6.45) is 3.38. The minimum Gasteiger partial charge on any atom is -0.378 e. The molecule has 0 spiro atoms. The van der Waals surface area contributed by atoms with Gasteiger partial charge in [0.25, 0.3) is 0 Å². The van der Waals surface area contributed by atoms with Crippen molar-refractivity contribution in [1.82, 2.24) is 30.2 Å². The number of piperazine rings is 1. The summed E-state index contributed by atoms with van der Waals surface area (Å²) in [6, 6.07) is 0. The number of aryl methyl sites for hydroxylation is 1. The Morgan fingerprint density at radius 1 is 1.10 bits per heavy atom. The van der Waals surface area contributed by atoms with Crippen molar-refractivity contribution in [3.8, 4) is 11.4 Å². The van der Waals surface area contributed by atoms with E-state index in [2.05, 4.69) is 32.0 Å². The van der Waals surface area contributed by atoms with Gasteiger partial charge < -0.3 is 20.7 Å². The lowest BCUT2D eigenvalue weighted by Gasteiger charge is -2.28. The van der Waals surface area contributed by atoms with Crippen molar-refractivity contribution in [1.29, 1.82) is 0 Å². The molecule has 5 heterocycles. The van der Waals surface area contributed by atoms with Crippen LogP contribution in [0.3, 0.4) is 0 Å². The first-order chi connectivity index (χ1) is 14.7. The van der Waals surface area contributed by atoms with E-state index in [1.807, 2.05) is 11.3 Å². The van der Waals surface area contributed by atoms with Gasteiger partial charge in [-0.3, -0.25) is 4.90 Å². The second-order valence-electron chi connectivity index (χ2n) is 7.65. The van der Waals surface area contributed by atoms with Crippen LogP contribution in [-0.2, 0) is 11.3 Å². The minimum absolute atomic E-state index is 0.248. The van der Waals surface area contributed by atoms with Crippen molar-refractivity contribution >= 4 is 33.3 Å². The highest BCUT2D eigenvalue weighted by atomic mass is 32.1. The van der Waals surface area contributed by atoms with Gasteiger partial charge in [-0.05, 0) is 12.5 Å². The number of nitrogens with zero attached hydrogens (tertiary/aromatic N) is 6. The molecule has 3 aromatic rings. The number of hydrogen-bond acceptors (Lipinski definition) is 10. The fourth-order valence-electron chi connectivity index (χ4n) is 3.91. The summed E-state index contributed by atoms with van der Waals surface area (Å²) >= 11 is 1.82. The Labute approximate surface area is 179 Å². The summed E-state index contributed by atoms with van der Waals surface area (Å²) < 4.78 is 6.72. The average Bonchev–Trinajstić information content (AvgIpc) is 3.10. The zero-order valence-corrected chi connectivity index (χ0v) is 17.9. The van der Waals surface area contributed by atoms with Crippen LogP contribution in [0.15, 0.2) is 12.4 Å². The summed E-state index contributed by atoms with van der Waals surface area (Å²) in [5, 5.41) is 3.42. The maximum absolute atomic E-state index is 5.67. The van der Waals surface area contributed by atoms with Crippen LogP contribution in [0, 0.1) is 6.92 Å². The molecule has 0 radical (unpaired) electrons. The highest BCUT2D eigenvalue weighted by Crippen LogP contribution is 2.38. The monoisotopic (exact) mass is 426 g/mol. The molecule has 3 aromatic heterocycles. The van der Waals surface area contributed by atoms with Crippen LogP contribution < -0.4 is 16.0 Å². The summed E-state index contributed by atoms with van der Waals surface area (Å²) in [7, 11) is 0. The van der Waals surface area contributed by atoms with Crippen LogP contribution in [-0.4, -0.2) is 77.3 Å². The number of morpholine rings is 1. The smallest absolute Gasteiger partial charge is 0.219 e. The molecule has 3 N–H and O–H groups in total. The van der Waals surface area contributed by atoms with Crippen LogP contribution in [0.4, 0.5) is 11.8 Å². The molecule has 2 saturated heterocycles. The van der Waals surface area contributed by atoms with Gasteiger partial charge in [0, 0.05) is 63.1 Å². The average molecular weight is 427 g/mol. The number of hydrogen-bond donors (Lipinski definition) is 2. The summed E-state index contributed by atoms with van der Waals surface area (Å²) in [5.74, 6) is 1.87. The first-order valence-corrected chi connectivity index (χ1v) is 11.1. The molecule has 10 heteroatoms. The van der Waals surface area contributed by atoms with Crippen molar-refractivity contribution < 1.29 is 4.74 Å². The topological polar surface area (TPSA) is 105 Å². The molecule has 5 rings (SSSR count). The van der Waals surface area contributed by atoms with Crippen LogP contribution in [0.2, 0.25) is 0 Å². The number of nitrogens with two attached hydrogens (primary N) is 1. The Hall–Kier alpha value is -2.40. The van der Waals surface area contributed by atoms with Gasteiger partial charge in [-0.15, -0.1) is 11.3 Å². The second-order valence-corrected chi connectivity index (χ2v) is 8.76. The van der Waals surface area contributed by atoms with Crippen molar-refractivity contribution in [3.63, 3.8) is 0 Å². The highest BCUT2D eigenvalue weighted by molar-refractivity contribution is 7.19. The van der Waals surface area contributed by atoms with Crippen LogP contribution in [0.25, 0.3) is 21.6 Å². The Balaban J connectivity index is 1.59. The van der Waals surface area contributed by atoms with Gasteiger partial charge in [-0.2, -0.15) is 0 Å². The fourth-order valence-corrected chi connectivity index (χ4v) is 5.22. The van der Waals surface area contributed by atoms with Crippen molar-refractivity contribution in [2.75, 3.05) is 63.1 Å². The molecule has 30 heavy (non-hydrogen) atoms. The number of fused-ring (bicyclic) bond motifs is 1. The quantitative estimate of drug-likeness (QED) is 0.638. The molecule has 0 aliphatic carbocycles. The summed E-state index contributed by atoms with van der Waals surface area (Å²) in [4.78, 5) is 24.3. The Bertz CT molecular complexity index is 1030. The number of nitrogens with one attached hydrogen (secondary N) is 1. The zero-order valence-electron chi connectivity index (χ0n) is 17.1. The molecule has 2 aliphatic heterocycles. The van der Waals surface area contributed by atoms with Crippen LogP contribution in [0.5, 0.6) is 0 Å². The first kappa shape index (κ1) is 19.6. The van der Waals surface area contributed by atoms with E-state index in [1.165, 1.54) is 10.4 Å². The van der Waals surface area contributed by atoms with Crippen LogP contribution >= 0.6 is 11.3 Å². The van der Waals surface area contributed by atoms with Gasteiger partial charge in [0.1, 0.15) is 0 Å². The third kappa shape index (κ3) is 3.83. The molecular formula is C20H26N8OS. The predicted octanol–water partition coefficient (Wildman–Crippen LogP) is 1.28. The van der Waals surface area contributed by atoms with Gasteiger partial charge in [0.05, 0.1) is 29.0 Å². The third-order valence-electron chi connectivity index (χ3n) is 5.66. The molecule has 0 aromatic carbocycles. The second kappa shape index (κ2) is 8.38. The molecule has 9 nitrogen and oxygen atoms in total. The van der Waals surface area contributed by atoms with E-state index in [4.69, 9.17) is 20.4 Å². The molecule has 2 fully saturated rings. The van der Waals surface area contributed by atoms with E-state index < -0.39 is 0 Å². The van der Waals surface area contributed by atoms with E-state index in [-0.39, 0.29) is 5.95 Å². The lowest BCUT2D eigenvalue weighted by atomic mass is 10.2. The van der Waals surface area contributed by atoms with Crippen molar-refractivity contribution in [2.24, 2.45) is 0 Å². The van der Waals surface area contributed by atoms with Crippen molar-refractivity contribution in [2.45, 2.75) is 13.5 Å². The number of thiophene rings is 1. The largest absolute Gasteiger partial charge is 0.378 e. The first-order valence-electron chi connectivity index (χ1n) is 10.3. The summed E-state index contributed by atoms with van der Waals surface area (Å²) in [5.41, 5.74) is 8.70. The van der Waals surface area contributed by atoms with Crippen LogP contribution in [0.1, 0.15) is 10.4 Å². The van der Waals surface area contributed by atoms with E-state index in [9.17, 15) is 0 Å². The van der Waals surface area contributed by atoms with Gasteiger partial charge in [-0.1, -0.05) is 0 Å². The maximum atomic E-state index is 5.67. The minimum atomic E-state index is 0.248. The molecule has 2 aliphatic rings. The van der Waals surface area contributed by atoms with E-state index >= 15 is 0 Å². The lowest BCUT2D eigenvalue weighted by molar-refractivity contribution is 0.122. The van der Waals surface area contributed by atoms with Gasteiger partial charge in [0.15, 0.2) is 11.6 Å². The Morgan fingerprint density at radius 3 is 2.57 bits per heavy atom. The fraction of sp³-hybridized carbons (Fsp3) is 0.500. The Morgan fingerprint density at radius 2 is 1.83 bits per heavy atom. The van der Waals surface area contributed by atoms with E-state index in [0.717, 1.165) is 67.4 Å². The van der Waals surface area contributed by atoms with E-state index in [1.54, 1.807) is 12.4 Å². The lowest BCUT2D eigenvalue weighted by Crippen LogP contribution is -2.42. The molecular weight excluding hydrogens is 400 g/mol. The molecule has 0 saturated carbocycles. The normalized spacial score (nSPS) is 18.2. The van der Waals surface area contributed by atoms with Crippen molar-refractivity contribution in [3.05, 3.63) is 22.8 Å². The SMILES string of the molecule is Cc1c(CN2CCNCC2)sc2c(N3CCOCC3)nc(-c3cnc(N)nc3)nc12. The van der Waals surface area contributed by atoms with Gasteiger partial charge >= 0.3 is 0 Å². The number of anilines is 2. The molecule has 0 atom stereocenters. The molecule has 158 valence electrons. The Kier molecular flexibility index (Phi) is 5.47. The number of rotatable bonds is 4. The third-order valence-corrected chi connectivity index (χ3v) is 6.93. The predicted molar refractivity (Wildman–Crippen MR) is 119 cm³/mol. The van der Waals surface area contributed by atoms with Gasteiger partial charge in [0.2, 0.25) is 5.95 Å². The molecule has 0 amide bonds. The number of aromatic nitrogens is 4. The maximum Gasteiger partial charge on any atom is 0.219 e. The number of nitrogen functional groups attached to an aromatic ring is 1. The molecule has 0 unspecified atom stereocenters.